The summed E-state index contributed by atoms with van der Waals surface area (Å²) in [5.74, 6) is 1.01. The Kier molecular flexibility index (Phi) is 5.37. The summed E-state index contributed by atoms with van der Waals surface area (Å²) in [5.41, 5.74) is 0.828. The smallest absolute Gasteiger partial charge is 0.262 e. The van der Waals surface area contributed by atoms with Crippen molar-refractivity contribution in [2.24, 2.45) is 5.92 Å². The molecule has 1 amide bonds. The summed E-state index contributed by atoms with van der Waals surface area (Å²) in [6.07, 6.45) is 2.47. The predicted octanol–water partition coefficient (Wildman–Crippen LogP) is 3.48. The molecule has 0 spiro atoms. The average molecular weight is 371 g/mol. The fourth-order valence-electron chi connectivity index (χ4n) is 2.67. The Labute approximate surface area is 155 Å². The van der Waals surface area contributed by atoms with Crippen molar-refractivity contribution >= 4 is 29.0 Å². The van der Waals surface area contributed by atoms with Gasteiger partial charge >= 0.3 is 0 Å². The summed E-state index contributed by atoms with van der Waals surface area (Å²) in [6.45, 7) is 5.09. The maximum Gasteiger partial charge on any atom is 0.262 e. The number of H-pyrrole nitrogens is 1. The van der Waals surface area contributed by atoms with Gasteiger partial charge in [-0.05, 0) is 54.9 Å². The molecule has 0 unspecified atom stereocenters. The number of hydrogen-bond donors (Lipinski definition) is 2. The van der Waals surface area contributed by atoms with Crippen LogP contribution < -0.4 is 10.9 Å². The van der Waals surface area contributed by atoms with Gasteiger partial charge in [-0.2, -0.15) is 0 Å². The number of furan rings is 1. The minimum absolute atomic E-state index is 0.161. The van der Waals surface area contributed by atoms with Gasteiger partial charge in [0.05, 0.1) is 23.7 Å². The zero-order chi connectivity index (χ0) is 18.7. The molecule has 26 heavy (non-hydrogen) atoms. The normalized spacial score (nSPS) is 11.2. The number of rotatable bonds is 6. The van der Waals surface area contributed by atoms with Gasteiger partial charge in [-0.25, -0.2) is 0 Å². The molecular formula is C19H21N3O3S. The lowest BCUT2D eigenvalue weighted by molar-refractivity contribution is 0.0952. The van der Waals surface area contributed by atoms with Crippen LogP contribution in [0, 0.1) is 10.7 Å². The van der Waals surface area contributed by atoms with E-state index in [2.05, 4.69) is 24.1 Å². The third-order valence-electron chi connectivity index (χ3n) is 4.15. The minimum atomic E-state index is -0.216. The van der Waals surface area contributed by atoms with Crippen LogP contribution in [-0.4, -0.2) is 22.0 Å². The summed E-state index contributed by atoms with van der Waals surface area (Å²) in [6, 6.07) is 8.52. The zero-order valence-electron chi connectivity index (χ0n) is 14.7. The number of nitrogens with one attached hydrogen (secondary N) is 2. The van der Waals surface area contributed by atoms with E-state index in [1.54, 1.807) is 36.6 Å². The highest BCUT2D eigenvalue weighted by atomic mass is 32.1. The molecule has 0 aliphatic rings. The number of nitrogens with zero attached hydrogens (tertiary/aromatic N) is 1. The summed E-state index contributed by atoms with van der Waals surface area (Å²) in [5, 5.41) is 3.37. The molecule has 0 aliphatic carbocycles. The van der Waals surface area contributed by atoms with E-state index in [1.807, 2.05) is 0 Å². The Balaban J connectivity index is 1.90. The summed E-state index contributed by atoms with van der Waals surface area (Å²) in [4.78, 5) is 28.0. The highest BCUT2D eigenvalue weighted by molar-refractivity contribution is 7.71. The highest BCUT2D eigenvalue weighted by Gasteiger charge is 2.11. The van der Waals surface area contributed by atoms with Gasteiger partial charge in [0.25, 0.3) is 11.5 Å². The molecular weight excluding hydrogens is 350 g/mol. The Hall–Kier alpha value is -2.67. The fourth-order valence-corrected chi connectivity index (χ4v) is 2.93. The lowest BCUT2D eigenvalue weighted by Crippen LogP contribution is -2.26. The molecule has 136 valence electrons. The van der Waals surface area contributed by atoms with Crippen molar-refractivity contribution in [3.05, 3.63) is 63.0 Å². The molecule has 3 rings (SSSR count). The number of aromatic nitrogens is 2. The maximum atomic E-state index is 12.7. The van der Waals surface area contributed by atoms with Crippen molar-refractivity contribution < 1.29 is 9.21 Å². The van der Waals surface area contributed by atoms with Gasteiger partial charge in [-0.1, -0.05) is 13.8 Å². The van der Waals surface area contributed by atoms with Crippen LogP contribution in [-0.2, 0) is 6.54 Å². The van der Waals surface area contributed by atoms with Crippen LogP contribution in [0.4, 0.5) is 0 Å². The molecule has 2 heterocycles. The third kappa shape index (κ3) is 3.94. The molecule has 2 N–H and O–H groups in total. The van der Waals surface area contributed by atoms with Crippen LogP contribution in [0.5, 0.6) is 0 Å². The maximum absolute atomic E-state index is 12.7. The summed E-state index contributed by atoms with van der Waals surface area (Å²) >= 11 is 5.31. The number of carbonyl (C=O) groups excluding carboxylic acids is 1. The number of carbonyl (C=O) groups is 1. The van der Waals surface area contributed by atoms with Crippen molar-refractivity contribution in [2.75, 3.05) is 6.54 Å². The Morgan fingerprint density at radius 1 is 1.35 bits per heavy atom. The molecule has 0 saturated carbocycles. The largest absolute Gasteiger partial charge is 0.467 e. The second-order valence-corrected chi connectivity index (χ2v) is 6.99. The first-order valence-corrected chi connectivity index (χ1v) is 8.94. The van der Waals surface area contributed by atoms with Crippen molar-refractivity contribution in [1.82, 2.24) is 14.9 Å². The number of hydrogen-bond acceptors (Lipinski definition) is 4. The molecule has 0 bridgehead atoms. The summed E-state index contributed by atoms with van der Waals surface area (Å²) in [7, 11) is 0. The molecule has 0 radical (unpaired) electrons. The Bertz CT molecular complexity index is 1030. The highest BCUT2D eigenvalue weighted by Crippen LogP contribution is 2.12. The van der Waals surface area contributed by atoms with E-state index in [1.165, 1.54) is 4.57 Å². The zero-order valence-corrected chi connectivity index (χ0v) is 15.6. The average Bonchev–Trinajstić information content (AvgIpc) is 3.11. The molecule has 2 aromatic heterocycles. The molecule has 1 aromatic carbocycles. The molecule has 0 atom stereocenters. The molecule has 6 nitrogen and oxygen atoms in total. The van der Waals surface area contributed by atoms with E-state index >= 15 is 0 Å². The topological polar surface area (TPSA) is 80.0 Å². The van der Waals surface area contributed by atoms with Crippen LogP contribution in [0.2, 0.25) is 0 Å². The van der Waals surface area contributed by atoms with Crippen molar-refractivity contribution in [2.45, 2.75) is 26.8 Å². The standard InChI is InChI=1S/C19H21N3O3S/c1-12(2)7-8-20-17(23)13-5-6-15-16(10-13)21-19(26)22(18(15)24)11-14-4-3-9-25-14/h3-6,9-10,12H,7-8,11H2,1-2H3,(H,20,23)(H,21,26). The Morgan fingerprint density at radius 3 is 2.85 bits per heavy atom. The van der Waals surface area contributed by atoms with Gasteiger partial charge in [-0.3, -0.25) is 14.2 Å². The van der Waals surface area contributed by atoms with E-state index in [4.69, 9.17) is 16.6 Å². The van der Waals surface area contributed by atoms with Crippen LogP contribution >= 0.6 is 12.2 Å². The van der Waals surface area contributed by atoms with E-state index < -0.39 is 0 Å². The van der Waals surface area contributed by atoms with Gasteiger partial charge in [0.1, 0.15) is 5.76 Å². The second kappa shape index (κ2) is 7.70. The number of amides is 1. The lowest BCUT2D eigenvalue weighted by Gasteiger charge is -2.09. The second-order valence-electron chi connectivity index (χ2n) is 6.60. The van der Waals surface area contributed by atoms with Gasteiger partial charge in [0.2, 0.25) is 0 Å². The van der Waals surface area contributed by atoms with Crippen LogP contribution in [0.3, 0.4) is 0 Å². The molecule has 0 saturated heterocycles. The third-order valence-corrected chi connectivity index (χ3v) is 4.47. The van der Waals surface area contributed by atoms with Gasteiger partial charge in [-0.15, -0.1) is 0 Å². The molecule has 0 aliphatic heterocycles. The van der Waals surface area contributed by atoms with Gasteiger partial charge in [0, 0.05) is 12.1 Å². The SMILES string of the molecule is CC(C)CCNC(=O)c1ccc2c(=O)n(Cc3ccco3)c(=S)[nH]c2c1. The quantitative estimate of drug-likeness (QED) is 0.650. The summed E-state index contributed by atoms with van der Waals surface area (Å²) < 4.78 is 7.02. The number of benzene rings is 1. The van der Waals surface area contributed by atoms with Crippen molar-refractivity contribution in [1.29, 1.82) is 0 Å². The van der Waals surface area contributed by atoms with Crippen LogP contribution in [0.1, 0.15) is 36.4 Å². The van der Waals surface area contributed by atoms with E-state index in [0.717, 1.165) is 6.42 Å². The van der Waals surface area contributed by atoms with Crippen molar-refractivity contribution in [3.8, 4) is 0 Å². The monoisotopic (exact) mass is 371 g/mol. The molecule has 0 fully saturated rings. The van der Waals surface area contributed by atoms with E-state index in [-0.39, 0.29) is 22.8 Å². The lowest BCUT2D eigenvalue weighted by atomic mass is 10.1. The molecule has 3 aromatic rings. The number of aromatic amines is 1. The van der Waals surface area contributed by atoms with Crippen LogP contribution in [0.25, 0.3) is 10.9 Å². The minimum Gasteiger partial charge on any atom is -0.467 e. The first-order valence-electron chi connectivity index (χ1n) is 8.53. The molecule has 7 heteroatoms. The predicted molar refractivity (Wildman–Crippen MR) is 103 cm³/mol. The van der Waals surface area contributed by atoms with E-state index in [0.29, 0.717) is 34.7 Å². The first-order chi connectivity index (χ1) is 12.5. The van der Waals surface area contributed by atoms with Crippen LogP contribution in [0.15, 0.2) is 45.8 Å². The van der Waals surface area contributed by atoms with E-state index in [9.17, 15) is 9.59 Å². The Morgan fingerprint density at radius 2 is 2.15 bits per heavy atom. The van der Waals surface area contributed by atoms with Gasteiger partial charge in [0.15, 0.2) is 4.77 Å². The van der Waals surface area contributed by atoms with Gasteiger partial charge < -0.3 is 14.7 Å². The number of fused-ring (bicyclic) bond motifs is 1. The first kappa shape index (κ1) is 18.1. The fraction of sp³-hybridized carbons (Fsp3) is 0.316. The van der Waals surface area contributed by atoms with Crippen molar-refractivity contribution in [3.63, 3.8) is 0 Å².